The maximum atomic E-state index is 6.24. The molecule has 0 N–H and O–H groups in total. The SMILES string of the molecule is Clc1cc(C2=Cc3ccc4ccccc4c3OC2)c(Cl)s1. The van der Waals surface area contributed by atoms with Gasteiger partial charge in [-0.1, -0.05) is 59.6 Å². The third kappa shape index (κ3) is 2.24. The second-order valence-electron chi connectivity index (χ2n) is 4.90. The molecule has 0 bridgehead atoms. The van der Waals surface area contributed by atoms with Crippen LogP contribution >= 0.6 is 34.5 Å². The molecule has 1 nitrogen and oxygen atoms in total. The second kappa shape index (κ2) is 5.06. The van der Waals surface area contributed by atoms with E-state index in [-0.39, 0.29) is 0 Å². The van der Waals surface area contributed by atoms with E-state index in [4.69, 9.17) is 27.9 Å². The molecule has 0 spiro atoms. The number of hydrogen-bond acceptors (Lipinski definition) is 2. The van der Waals surface area contributed by atoms with Crippen molar-refractivity contribution >= 4 is 57.0 Å². The summed E-state index contributed by atoms with van der Waals surface area (Å²) < 4.78 is 7.40. The maximum Gasteiger partial charge on any atom is 0.134 e. The molecule has 3 aromatic rings. The highest BCUT2D eigenvalue weighted by molar-refractivity contribution is 7.20. The van der Waals surface area contributed by atoms with Crippen molar-refractivity contribution in [1.82, 2.24) is 0 Å². The summed E-state index contributed by atoms with van der Waals surface area (Å²) in [7, 11) is 0. The number of fused-ring (bicyclic) bond motifs is 3. The van der Waals surface area contributed by atoms with Crippen molar-refractivity contribution in [1.29, 1.82) is 0 Å². The largest absolute Gasteiger partial charge is 0.488 e. The molecule has 0 fully saturated rings. The molecule has 0 saturated carbocycles. The van der Waals surface area contributed by atoms with E-state index in [1.165, 1.54) is 16.7 Å². The van der Waals surface area contributed by atoms with Crippen LogP contribution in [0.15, 0.2) is 42.5 Å². The van der Waals surface area contributed by atoms with Gasteiger partial charge in [0, 0.05) is 16.5 Å². The first-order chi connectivity index (χ1) is 10.2. The highest BCUT2D eigenvalue weighted by Gasteiger charge is 2.18. The number of halogens is 2. The first kappa shape index (κ1) is 13.2. The summed E-state index contributed by atoms with van der Waals surface area (Å²) >= 11 is 13.6. The summed E-state index contributed by atoms with van der Waals surface area (Å²) in [5, 5.41) is 2.32. The van der Waals surface area contributed by atoms with Gasteiger partial charge in [0.25, 0.3) is 0 Å². The minimum atomic E-state index is 0.508. The fourth-order valence-corrected chi connectivity index (χ4v) is 4.16. The highest BCUT2D eigenvalue weighted by atomic mass is 35.5. The van der Waals surface area contributed by atoms with Crippen LogP contribution in [0.1, 0.15) is 11.1 Å². The topological polar surface area (TPSA) is 9.23 Å². The lowest BCUT2D eigenvalue weighted by Gasteiger charge is -2.19. The summed E-state index contributed by atoms with van der Waals surface area (Å²) in [6, 6.07) is 14.3. The molecule has 0 saturated heterocycles. The number of ether oxygens (including phenoxy) is 1. The third-order valence-electron chi connectivity index (χ3n) is 3.61. The molecular weight excluding hydrogens is 323 g/mol. The van der Waals surface area contributed by atoms with Gasteiger partial charge in [0.05, 0.1) is 4.34 Å². The van der Waals surface area contributed by atoms with E-state index in [9.17, 15) is 0 Å². The van der Waals surface area contributed by atoms with Crippen LogP contribution in [0.25, 0.3) is 22.4 Å². The van der Waals surface area contributed by atoms with E-state index in [1.807, 2.05) is 18.2 Å². The van der Waals surface area contributed by atoms with Gasteiger partial charge >= 0.3 is 0 Å². The number of benzene rings is 2. The summed E-state index contributed by atoms with van der Waals surface area (Å²) in [5.41, 5.74) is 3.10. The lowest BCUT2D eigenvalue weighted by atomic mass is 9.99. The lowest BCUT2D eigenvalue weighted by molar-refractivity contribution is 0.370. The Balaban J connectivity index is 1.88. The fourth-order valence-electron chi connectivity index (χ4n) is 2.63. The van der Waals surface area contributed by atoms with E-state index in [1.54, 1.807) is 0 Å². The zero-order valence-electron chi connectivity index (χ0n) is 10.9. The first-order valence-electron chi connectivity index (χ1n) is 6.53. The lowest BCUT2D eigenvalue weighted by Crippen LogP contribution is -2.06. The van der Waals surface area contributed by atoms with E-state index < -0.39 is 0 Å². The van der Waals surface area contributed by atoms with Crippen molar-refractivity contribution in [2.45, 2.75) is 0 Å². The van der Waals surface area contributed by atoms with Gasteiger partial charge < -0.3 is 4.74 Å². The maximum absolute atomic E-state index is 6.24. The van der Waals surface area contributed by atoms with Gasteiger partial charge in [0.1, 0.15) is 16.7 Å². The molecule has 2 heterocycles. The average molecular weight is 333 g/mol. The van der Waals surface area contributed by atoms with Crippen molar-refractivity contribution in [2.75, 3.05) is 6.61 Å². The summed E-state index contributed by atoms with van der Waals surface area (Å²) in [6.45, 7) is 0.508. The Hall–Kier alpha value is -1.48. The van der Waals surface area contributed by atoms with Gasteiger partial charge in [0.15, 0.2) is 0 Å². The second-order valence-corrected chi connectivity index (χ2v) is 7.19. The smallest absolute Gasteiger partial charge is 0.134 e. The molecule has 0 atom stereocenters. The number of thiophene rings is 1. The van der Waals surface area contributed by atoms with E-state index in [2.05, 4.69) is 30.3 Å². The van der Waals surface area contributed by atoms with Gasteiger partial charge in [-0.15, -0.1) is 11.3 Å². The van der Waals surface area contributed by atoms with Crippen LogP contribution in [-0.4, -0.2) is 6.61 Å². The molecule has 0 aliphatic carbocycles. The molecular formula is C17H10Cl2OS. The summed E-state index contributed by atoms with van der Waals surface area (Å²) in [4.78, 5) is 0. The summed E-state index contributed by atoms with van der Waals surface area (Å²) in [5.74, 6) is 0.939. The van der Waals surface area contributed by atoms with Crippen LogP contribution in [0.2, 0.25) is 8.67 Å². The monoisotopic (exact) mass is 332 g/mol. The van der Waals surface area contributed by atoms with Crippen LogP contribution in [0.3, 0.4) is 0 Å². The van der Waals surface area contributed by atoms with Crippen molar-refractivity contribution in [2.24, 2.45) is 0 Å². The van der Waals surface area contributed by atoms with E-state index >= 15 is 0 Å². The third-order valence-corrected chi connectivity index (χ3v) is 5.10. The quantitative estimate of drug-likeness (QED) is 0.520. The molecule has 0 radical (unpaired) electrons. The molecule has 1 aliphatic heterocycles. The first-order valence-corrected chi connectivity index (χ1v) is 8.10. The summed E-state index contributed by atoms with van der Waals surface area (Å²) in [6.07, 6.45) is 2.13. The Kier molecular flexibility index (Phi) is 3.18. The Morgan fingerprint density at radius 3 is 2.71 bits per heavy atom. The molecule has 0 unspecified atom stereocenters. The van der Waals surface area contributed by atoms with Crippen molar-refractivity contribution in [3.8, 4) is 5.75 Å². The van der Waals surface area contributed by atoms with Gasteiger partial charge in [0.2, 0.25) is 0 Å². The van der Waals surface area contributed by atoms with E-state index in [0.29, 0.717) is 15.3 Å². The van der Waals surface area contributed by atoms with Crippen LogP contribution in [0, 0.1) is 0 Å². The van der Waals surface area contributed by atoms with Gasteiger partial charge in [-0.25, -0.2) is 0 Å². The minimum absolute atomic E-state index is 0.508. The Morgan fingerprint density at radius 2 is 1.90 bits per heavy atom. The number of hydrogen-bond donors (Lipinski definition) is 0. The van der Waals surface area contributed by atoms with Crippen LogP contribution in [0.5, 0.6) is 5.75 Å². The predicted octanol–water partition coefficient (Wildman–Crippen LogP) is 6.14. The molecule has 2 aromatic carbocycles. The molecule has 104 valence electrons. The molecule has 4 heteroatoms. The van der Waals surface area contributed by atoms with Crippen LogP contribution < -0.4 is 4.74 Å². The standard InChI is InChI=1S/C17H10Cl2OS/c18-15-8-14(17(19)21-15)12-7-11-6-5-10-3-1-2-4-13(10)16(11)20-9-12/h1-8H,9H2. The van der Waals surface area contributed by atoms with Crippen molar-refractivity contribution in [3.05, 3.63) is 62.3 Å². The van der Waals surface area contributed by atoms with Gasteiger partial charge in [-0.3, -0.25) is 0 Å². The normalized spacial score (nSPS) is 13.7. The van der Waals surface area contributed by atoms with Crippen molar-refractivity contribution < 1.29 is 4.74 Å². The minimum Gasteiger partial charge on any atom is -0.488 e. The Bertz CT molecular complexity index is 880. The Morgan fingerprint density at radius 1 is 1.05 bits per heavy atom. The zero-order chi connectivity index (χ0) is 14.4. The zero-order valence-corrected chi connectivity index (χ0v) is 13.2. The molecule has 4 rings (SSSR count). The highest BCUT2D eigenvalue weighted by Crippen LogP contribution is 2.41. The molecule has 1 aliphatic rings. The molecule has 21 heavy (non-hydrogen) atoms. The average Bonchev–Trinajstić information content (AvgIpc) is 2.85. The van der Waals surface area contributed by atoms with E-state index in [0.717, 1.165) is 27.8 Å². The predicted molar refractivity (Wildman–Crippen MR) is 91.7 cm³/mol. The fraction of sp³-hybridized carbons (Fsp3) is 0.0588. The van der Waals surface area contributed by atoms with Gasteiger partial charge in [-0.2, -0.15) is 0 Å². The Labute approximate surface area is 136 Å². The van der Waals surface area contributed by atoms with Crippen LogP contribution in [0.4, 0.5) is 0 Å². The number of rotatable bonds is 1. The molecule has 0 amide bonds. The van der Waals surface area contributed by atoms with Crippen LogP contribution in [-0.2, 0) is 0 Å². The molecule has 1 aromatic heterocycles. The van der Waals surface area contributed by atoms with Gasteiger partial charge in [-0.05, 0) is 23.1 Å². The van der Waals surface area contributed by atoms with Crippen molar-refractivity contribution in [3.63, 3.8) is 0 Å².